The van der Waals surface area contributed by atoms with Crippen molar-refractivity contribution in [2.24, 2.45) is 0 Å². The zero-order valence-electron chi connectivity index (χ0n) is 12.5. The first-order valence-electron chi connectivity index (χ1n) is 6.72. The number of rotatable bonds is 1. The van der Waals surface area contributed by atoms with E-state index in [-0.39, 0.29) is 12.3 Å². The van der Waals surface area contributed by atoms with Gasteiger partial charge in [-0.25, -0.2) is 9.59 Å². The summed E-state index contributed by atoms with van der Waals surface area (Å²) < 4.78 is 11.7. The first-order valence-corrected chi connectivity index (χ1v) is 7.51. The van der Waals surface area contributed by atoms with Crippen LogP contribution in [-0.2, 0) is 9.53 Å². The summed E-state index contributed by atoms with van der Waals surface area (Å²) in [6, 6.07) is 4.71. The van der Waals surface area contributed by atoms with Crippen LogP contribution in [0.4, 0.5) is 10.5 Å². The molecule has 6 nitrogen and oxygen atoms in total. The molecule has 0 bridgehead atoms. The van der Waals surface area contributed by atoms with Crippen molar-refractivity contribution < 1.29 is 19.1 Å². The summed E-state index contributed by atoms with van der Waals surface area (Å²) in [5, 5.41) is 5.54. The Morgan fingerprint density at radius 1 is 1.50 bits per heavy atom. The summed E-state index contributed by atoms with van der Waals surface area (Å²) in [7, 11) is 0. The smallest absolute Gasteiger partial charge is 0.408 e. The van der Waals surface area contributed by atoms with E-state index in [1.165, 1.54) is 0 Å². The van der Waals surface area contributed by atoms with E-state index in [1.807, 2.05) is 12.0 Å². The number of hydrogen-bond acceptors (Lipinski definition) is 5. The lowest BCUT2D eigenvalue weighted by atomic mass is 10.2. The van der Waals surface area contributed by atoms with Gasteiger partial charge in [-0.2, -0.15) is 0 Å². The average molecular weight is 369 g/mol. The molecule has 0 fully saturated rings. The van der Waals surface area contributed by atoms with Gasteiger partial charge in [-0.1, -0.05) is 15.9 Å². The van der Waals surface area contributed by atoms with Crippen LogP contribution in [0.3, 0.4) is 0 Å². The van der Waals surface area contributed by atoms with Crippen molar-refractivity contribution in [2.45, 2.75) is 32.4 Å². The van der Waals surface area contributed by atoms with E-state index in [4.69, 9.17) is 9.47 Å². The minimum absolute atomic E-state index is 0.103. The molecule has 0 aliphatic carbocycles. The summed E-state index contributed by atoms with van der Waals surface area (Å²) in [6.07, 6.45) is -0.622. The maximum absolute atomic E-state index is 11.9. The monoisotopic (exact) mass is 368 g/mol. The van der Waals surface area contributed by atoms with Gasteiger partial charge in [0.2, 0.25) is 0 Å². The molecule has 7 heteroatoms. The van der Waals surface area contributed by atoms with Crippen molar-refractivity contribution in [3.8, 4) is 5.75 Å². The van der Waals surface area contributed by atoms with Gasteiger partial charge in [0.25, 0.3) is 0 Å². The van der Waals surface area contributed by atoms with Crippen molar-refractivity contribution in [1.29, 1.82) is 0 Å². The van der Waals surface area contributed by atoms with Gasteiger partial charge in [-0.3, -0.25) is 0 Å². The molecule has 118 valence electrons. The van der Waals surface area contributed by atoms with Crippen LogP contribution in [0.1, 0.15) is 20.8 Å². The molecule has 1 unspecified atom stereocenters. The second kappa shape index (κ2) is 6.42. The zero-order chi connectivity index (χ0) is 16.3. The number of anilines is 1. The Morgan fingerprint density at radius 2 is 2.23 bits per heavy atom. The Balaban J connectivity index is 2.15. The molecule has 22 heavy (non-hydrogen) atoms. The molecule has 0 radical (unpaired) electrons. The third kappa shape index (κ3) is 4.26. The van der Waals surface area contributed by atoms with E-state index in [9.17, 15) is 9.59 Å². The van der Waals surface area contributed by atoms with Gasteiger partial charge >= 0.3 is 6.09 Å². The van der Waals surface area contributed by atoms with Crippen LogP contribution in [0.15, 0.2) is 28.4 Å². The number of nitrogens with one attached hydrogen (secondary N) is 2. The zero-order valence-corrected chi connectivity index (χ0v) is 14.1. The van der Waals surface area contributed by atoms with Gasteiger partial charge in [0.05, 0.1) is 5.69 Å². The Hall–Kier alpha value is -1.98. The number of benzene rings is 1. The van der Waals surface area contributed by atoms with Crippen LogP contribution in [0.25, 0.3) is 0 Å². The Kier molecular flexibility index (Phi) is 4.78. The fraction of sp³-hybridized carbons (Fsp3) is 0.400. The minimum atomic E-state index is -0.668. The largest absolute Gasteiger partial charge is 0.489 e. The number of halogens is 1. The number of carbonyl (C=O) groups is 1. The molecular weight excluding hydrogens is 352 g/mol. The normalized spacial score (nSPS) is 17.3. The van der Waals surface area contributed by atoms with Gasteiger partial charge in [-0.05, 0) is 39.0 Å². The van der Waals surface area contributed by atoms with Crippen LogP contribution in [0.2, 0.25) is 0 Å². The lowest BCUT2D eigenvalue weighted by Gasteiger charge is -2.22. The first kappa shape index (κ1) is 16.4. The molecule has 1 atom stereocenters. The molecule has 1 aromatic carbocycles. The van der Waals surface area contributed by atoms with E-state index < -0.39 is 17.7 Å². The summed E-state index contributed by atoms with van der Waals surface area (Å²) in [5.41, 5.74) is 0.186. The Labute approximate surface area is 137 Å². The summed E-state index contributed by atoms with van der Waals surface area (Å²) >= 11 is 3.35. The minimum Gasteiger partial charge on any atom is -0.489 e. The van der Waals surface area contributed by atoms with Crippen molar-refractivity contribution in [2.75, 3.05) is 11.9 Å². The lowest BCUT2D eigenvalue weighted by Crippen LogP contribution is -2.44. The van der Waals surface area contributed by atoms with E-state index in [0.29, 0.717) is 11.4 Å². The van der Waals surface area contributed by atoms with Crippen LogP contribution < -0.4 is 15.4 Å². The number of fused-ring (bicyclic) bond motifs is 1. The Morgan fingerprint density at radius 3 is 2.86 bits per heavy atom. The van der Waals surface area contributed by atoms with E-state index in [2.05, 4.69) is 26.6 Å². The SMILES string of the molecule is CC(C)(C)OC(=O)NC1COc2ccc(Br)cc2NC1=C=O. The predicted octanol–water partition coefficient (Wildman–Crippen LogP) is 2.86. The molecule has 1 heterocycles. The van der Waals surface area contributed by atoms with Gasteiger partial charge in [0.1, 0.15) is 35.6 Å². The number of hydrogen-bond donors (Lipinski definition) is 2. The standard InChI is InChI=1S/C15H17BrN2O4/c1-15(2,3)22-14(20)18-12-8-21-13-5-4-9(16)6-10(13)17-11(12)7-19/h4-6,12,17H,8H2,1-3H3,(H,18,20). The fourth-order valence-electron chi connectivity index (χ4n) is 1.87. The molecule has 2 N–H and O–H groups in total. The molecule has 0 spiro atoms. The summed E-state index contributed by atoms with van der Waals surface area (Å²) in [6.45, 7) is 5.39. The Bertz CT molecular complexity index is 633. The van der Waals surface area contributed by atoms with Crippen molar-refractivity contribution >= 4 is 33.7 Å². The predicted molar refractivity (Wildman–Crippen MR) is 85.6 cm³/mol. The van der Waals surface area contributed by atoms with Crippen molar-refractivity contribution in [3.05, 3.63) is 28.4 Å². The molecule has 0 saturated carbocycles. The second-order valence-corrected chi connectivity index (χ2v) is 6.71. The van der Waals surface area contributed by atoms with Crippen LogP contribution in [0, 0.1) is 0 Å². The van der Waals surface area contributed by atoms with Crippen LogP contribution in [-0.4, -0.2) is 30.3 Å². The molecule has 1 aromatic rings. The molecule has 1 aliphatic rings. The maximum Gasteiger partial charge on any atom is 0.408 e. The number of amides is 1. The highest BCUT2D eigenvalue weighted by atomic mass is 79.9. The number of ether oxygens (including phenoxy) is 2. The third-order valence-corrected chi connectivity index (χ3v) is 3.26. The highest BCUT2D eigenvalue weighted by Gasteiger charge is 2.26. The highest BCUT2D eigenvalue weighted by Crippen LogP contribution is 2.31. The lowest BCUT2D eigenvalue weighted by molar-refractivity contribution is 0.0500. The highest BCUT2D eigenvalue weighted by molar-refractivity contribution is 9.10. The molecular formula is C15H17BrN2O4. The number of carbonyl (C=O) groups excluding carboxylic acids is 2. The summed E-state index contributed by atoms with van der Waals surface area (Å²) in [4.78, 5) is 23.1. The average Bonchev–Trinajstić information content (AvgIpc) is 2.56. The van der Waals surface area contributed by atoms with Gasteiger partial charge < -0.3 is 20.1 Å². The molecule has 1 amide bonds. The van der Waals surface area contributed by atoms with Gasteiger partial charge in [0, 0.05) is 4.47 Å². The topological polar surface area (TPSA) is 76.7 Å². The first-order chi connectivity index (χ1) is 10.3. The van der Waals surface area contributed by atoms with Gasteiger partial charge in [0.15, 0.2) is 0 Å². The van der Waals surface area contributed by atoms with Crippen LogP contribution >= 0.6 is 15.9 Å². The molecule has 2 rings (SSSR count). The third-order valence-electron chi connectivity index (χ3n) is 2.77. The van der Waals surface area contributed by atoms with E-state index in [0.717, 1.165) is 4.47 Å². The summed E-state index contributed by atoms with van der Waals surface area (Å²) in [5.74, 6) is 2.40. The quantitative estimate of drug-likeness (QED) is 0.745. The van der Waals surface area contributed by atoms with Crippen molar-refractivity contribution in [1.82, 2.24) is 5.32 Å². The van der Waals surface area contributed by atoms with Gasteiger partial charge in [-0.15, -0.1) is 0 Å². The maximum atomic E-state index is 11.9. The van der Waals surface area contributed by atoms with Crippen LogP contribution in [0.5, 0.6) is 5.75 Å². The van der Waals surface area contributed by atoms with E-state index in [1.54, 1.807) is 32.9 Å². The number of alkyl carbamates (subject to hydrolysis) is 1. The van der Waals surface area contributed by atoms with E-state index >= 15 is 0 Å². The second-order valence-electron chi connectivity index (χ2n) is 5.79. The molecule has 1 aliphatic heterocycles. The van der Waals surface area contributed by atoms with Crippen molar-refractivity contribution in [3.63, 3.8) is 0 Å². The molecule has 0 saturated heterocycles. The fourth-order valence-corrected chi connectivity index (χ4v) is 2.24. The molecule has 0 aromatic heterocycles.